The normalized spacial score (nSPS) is 20.1. The Morgan fingerprint density at radius 2 is 1.68 bits per heavy atom. The number of piperidine rings is 1. The summed E-state index contributed by atoms with van der Waals surface area (Å²) >= 11 is 6.33. The third-order valence-corrected chi connectivity index (χ3v) is 8.96. The fourth-order valence-electron chi connectivity index (χ4n) is 6.64. The number of nitrogens with zero attached hydrogens (tertiary/aromatic N) is 4. The molecule has 0 radical (unpaired) electrons. The van der Waals surface area contributed by atoms with Gasteiger partial charge in [-0.1, -0.05) is 31.2 Å². The number of rotatable bonds is 5. The maximum Gasteiger partial charge on any atom is 0.254 e. The molecule has 7 nitrogen and oxygen atoms in total. The fourth-order valence-corrected chi connectivity index (χ4v) is 6.81. The molecule has 1 amide bonds. The summed E-state index contributed by atoms with van der Waals surface area (Å²) < 4.78 is 29.7. The van der Waals surface area contributed by atoms with Crippen LogP contribution in [0, 0.1) is 11.6 Å². The monoisotopic (exact) mass is 614 g/mol. The molecule has 2 unspecified atom stereocenters. The van der Waals surface area contributed by atoms with Crippen LogP contribution in [0.1, 0.15) is 60.2 Å². The second-order valence-corrected chi connectivity index (χ2v) is 11.7. The number of hydrogen-bond acceptors (Lipinski definition) is 6. The van der Waals surface area contributed by atoms with Gasteiger partial charge in [0.15, 0.2) is 0 Å². The smallest absolute Gasteiger partial charge is 0.254 e. The molecule has 44 heavy (non-hydrogen) atoms. The first-order valence-electron chi connectivity index (χ1n) is 14.4. The zero-order valence-electron chi connectivity index (χ0n) is 23.4. The van der Waals surface area contributed by atoms with E-state index in [1.165, 1.54) is 18.2 Å². The van der Waals surface area contributed by atoms with Crippen LogP contribution in [0.15, 0.2) is 71.9 Å². The molecule has 2 saturated heterocycles. The molecule has 1 aromatic heterocycles. The van der Waals surface area contributed by atoms with E-state index in [1.807, 2.05) is 31.3 Å². The Hall–Kier alpha value is -4.21. The highest BCUT2D eigenvalue weighted by atomic mass is 35.5. The Bertz CT molecular complexity index is 1730. The minimum atomic E-state index is -0.707. The summed E-state index contributed by atoms with van der Waals surface area (Å²) in [5.41, 5.74) is 3.76. The number of carbonyl (C=O) groups excluding carboxylic acids is 1. The van der Waals surface area contributed by atoms with E-state index in [4.69, 9.17) is 16.6 Å². The summed E-state index contributed by atoms with van der Waals surface area (Å²) in [5, 5.41) is 7.02. The summed E-state index contributed by atoms with van der Waals surface area (Å²) in [4.78, 5) is 29.3. The van der Waals surface area contributed by atoms with E-state index in [0.717, 1.165) is 31.4 Å². The third kappa shape index (κ3) is 5.35. The van der Waals surface area contributed by atoms with Gasteiger partial charge in [-0.05, 0) is 81.3 Å². The van der Waals surface area contributed by atoms with Gasteiger partial charge in [0, 0.05) is 57.3 Å². The van der Waals surface area contributed by atoms with Crippen molar-refractivity contribution in [3.8, 4) is 11.3 Å². The topological polar surface area (TPSA) is 82.5 Å². The largest absolute Gasteiger partial charge is 0.333 e. The van der Waals surface area contributed by atoms with Crippen molar-refractivity contribution in [3.05, 3.63) is 106 Å². The first-order valence-corrected chi connectivity index (χ1v) is 14.8. The molecule has 2 bridgehead atoms. The number of hydrogen-bond donors (Lipinski definition) is 2. The van der Waals surface area contributed by atoms with Crippen molar-refractivity contribution >= 4 is 34.9 Å². The molecule has 2 N–H and O–H groups in total. The zero-order chi connectivity index (χ0) is 29.7. The van der Waals surface area contributed by atoms with Gasteiger partial charge in [0.25, 0.3) is 5.91 Å². The minimum absolute atomic E-state index is 0. The quantitative estimate of drug-likeness (QED) is 0.249. The highest BCUT2D eigenvalue weighted by molar-refractivity contribution is 6.31. The van der Waals surface area contributed by atoms with Gasteiger partial charge in [-0.2, -0.15) is 0 Å². The lowest BCUT2D eigenvalue weighted by Gasteiger charge is -2.39. The van der Waals surface area contributed by atoms with Gasteiger partial charge in [-0.25, -0.2) is 18.7 Å². The van der Waals surface area contributed by atoms with Crippen LogP contribution in [-0.2, 0) is 6.54 Å². The molecule has 4 aromatic rings. The first kappa shape index (κ1) is 29.8. The Balaban J connectivity index is 0.00000343. The van der Waals surface area contributed by atoms with Gasteiger partial charge in [0.05, 0.1) is 23.5 Å². The molecule has 226 valence electrons. The summed E-state index contributed by atoms with van der Waals surface area (Å²) in [6, 6.07) is 17.3. The van der Waals surface area contributed by atoms with Crippen molar-refractivity contribution in [3.63, 3.8) is 0 Å². The molecule has 3 aromatic carbocycles. The maximum atomic E-state index is 14.8. The molecular weight excluding hydrogens is 582 g/mol. The summed E-state index contributed by atoms with van der Waals surface area (Å²) in [6.07, 6.45) is 5.76. The van der Waals surface area contributed by atoms with Crippen molar-refractivity contribution < 1.29 is 13.6 Å². The Morgan fingerprint density at radius 1 is 0.977 bits per heavy atom. The second-order valence-electron chi connectivity index (χ2n) is 11.3. The standard InChI is InChI=1S/C33H29ClF2N6O.CH4/c1-37-22-14-23-10-11-24(15-22)42(23)32(43)18-5-8-21(9-6-18)40-33-39-17-19-16-38-31(29-27(35)3-2-4-28(29)36)26-13-20(34)7-12-25(26)30(19)41-33;/h2-9,12-13,17,22-24,37H,10-11,14-16H2,1H3,(H,39,40,41);1H4. The molecule has 0 aliphatic carbocycles. The first-order chi connectivity index (χ1) is 20.9. The summed E-state index contributed by atoms with van der Waals surface area (Å²) in [6.45, 7) is 0.134. The highest BCUT2D eigenvalue weighted by Crippen LogP contribution is 2.37. The molecule has 7 rings (SSSR count). The van der Waals surface area contributed by atoms with Crippen LogP contribution in [0.25, 0.3) is 11.3 Å². The van der Waals surface area contributed by atoms with Gasteiger partial charge in [-0.15, -0.1) is 0 Å². The van der Waals surface area contributed by atoms with Crippen LogP contribution in [0.4, 0.5) is 20.4 Å². The zero-order valence-corrected chi connectivity index (χ0v) is 24.2. The maximum absolute atomic E-state index is 14.8. The molecule has 3 aliphatic heterocycles. The molecule has 4 heterocycles. The molecule has 3 aliphatic rings. The molecular formula is C34H33ClF2N6O. The Labute approximate surface area is 260 Å². The third-order valence-electron chi connectivity index (χ3n) is 8.73. The number of amides is 1. The van der Waals surface area contributed by atoms with Crippen LogP contribution >= 0.6 is 11.6 Å². The Morgan fingerprint density at radius 3 is 2.36 bits per heavy atom. The van der Waals surface area contributed by atoms with Crippen molar-refractivity contribution in [1.82, 2.24) is 20.2 Å². The van der Waals surface area contributed by atoms with E-state index in [-0.39, 0.29) is 43.2 Å². The van der Waals surface area contributed by atoms with E-state index in [0.29, 0.717) is 45.0 Å². The van der Waals surface area contributed by atoms with Gasteiger partial charge >= 0.3 is 0 Å². The van der Waals surface area contributed by atoms with Gasteiger partial charge < -0.3 is 15.5 Å². The molecule has 10 heteroatoms. The number of fused-ring (bicyclic) bond motifs is 5. The van der Waals surface area contributed by atoms with E-state index in [9.17, 15) is 13.6 Å². The van der Waals surface area contributed by atoms with E-state index < -0.39 is 11.6 Å². The SMILES string of the molecule is C.CNC1CC2CCC(C1)N2C(=O)c1ccc(Nc2ncc3c(n2)-c2ccc(Cl)cc2C(c2c(F)cccc2F)=NC3)cc1. The number of carbonyl (C=O) groups is 1. The molecule has 2 atom stereocenters. The average molecular weight is 615 g/mol. The lowest BCUT2D eigenvalue weighted by Crippen LogP contribution is -2.50. The second kappa shape index (κ2) is 12.1. The van der Waals surface area contributed by atoms with E-state index >= 15 is 0 Å². The number of halogens is 3. The molecule has 2 fully saturated rings. The fraction of sp³-hybridized carbons (Fsp3) is 0.294. The van der Waals surface area contributed by atoms with Crippen molar-refractivity contribution in [2.45, 2.75) is 57.8 Å². The van der Waals surface area contributed by atoms with Crippen LogP contribution in [-0.4, -0.2) is 51.7 Å². The number of aliphatic imine (C=N–C) groups is 1. The predicted molar refractivity (Wildman–Crippen MR) is 170 cm³/mol. The van der Waals surface area contributed by atoms with Crippen LogP contribution in [0.3, 0.4) is 0 Å². The predicted octanol–water partition coefficient (Wildman–Crippen LogP) is 7.16. The summed E-state index contributed by atoms with van der Waals surface area (Å²) in [7, 11) is 1.99. The lowest BCUT2D eigenvalue weighted by atomic mass is 9.95. The van der Waals surface area contributed by atoms with Gasteiger partial charge in [-0.3, -0.25) is 9.79 Å². The number of nitrogens with one attached hydrogen (secondary N) is 2. The van der Waals surface area contributed by atoms with Crippen LogP contribution < -0.4 is 10.6 Å². The average Bonchev–Trinajstić information content (AvgIpc) is 3.18. The highest BCUT2D eigenvalue weighted by Gasteiger charge is 2.43. The van der Waals surface area contributed by atoms with E-state index in [1.54, 1.807) is 24.4 Å². The molecule has 0 spiro atoms. The number of benzene rings is 3. The van der Waals surface area contributed by atoms with Crippen molar-refractivity contribution in [2.24, 2.45) is 4.99 Å². The van der Waals surface area contributed by atoms with Gasteiger partial charge in [0.1, 0.15) is 11.6 Å². The van der Waals surface area contributed by atoms with E-state index in [2.05, 4.69) is 25.5 Å². The Kier molecular flexibility index (Phi) is 8.18. The molecule has 0 saturated carbocycles. The van der Waals surface area contributed by atoms with Crippen molar-refractivity contribution in [1.29, 1.82) is 0 Å². The van der Waals surface area contributed by atoms with Gasteiger partial charge in [0.2, 0.25) is 5.95 Å². The number of aromatic nitrogens is 2. The minimum Gasteiger partial charge on any atom is -0.333 e. The lowest BCUT2D eigenvalue weighted by molar-refractivity contribution is 0.0560. The van der Waals surface area contributed by atoms with Crippen molar-refractivity contribution in [2.75, 3.05) is 12.4 Å². The van der Waals surface area contributed by atoms with Crippen LogP contribution in [0.2, 0.25) is 5.02 Å². The summed E-state index contributed by atoms with van der Waals surface area (Å²) in [5.74, 6) is -0.999. The number of anilines is 2. The van der Waals surface area contributed by atoms with Crippen LogP contribution in [0.5, 0.6) is 0 Å².